The van der Waals surface area contributed by atoms with Crippen LogP contribution in [0.2, 0.25) is 5.02 Å². The lowest BCUT2D eigenvalue weighted by Gasteiger charge is -2.14. The van der Waals surface area contributed by atoms with E-state index < -0.39 is 0 Å². The number of thioether (sulfide) groups is 1. The van der Waals surface area contributed by atoms with E-state index in [0.29, 0.717) is 32.3 Å². The fraction of sp³-hybridized carbons (Fsp3) is 0.0909. The largest absolute Gasteiger partial charge is 0.457 e. The van der Waals surface area contributed by atoms with Gasteiger partial charge in [0.05, 0.1) is 4.91 Å². The maximum absolute atomic E-state index is 12.8. The molecule has 3 aromatic rings. The first kappa shape index (κ1) is 19.0. The average molecular weight is 426 g/mol. The molecule has 1 aliphatic heterocycles. The number of hydrogen-bond acceptors (Lipinski definition) is 4. The highest BCUT2D eigenvalue weighted by atomic mass is 35.5. The number of hydrogen-bond donors (Lipinski definition) is 0. The van der Waals surface area contributed by atoms with Gasteiger partial charge in [-0.05, 0) is 36.2 Å². The molecule has 0 saturated carbocycles. The third kappa shape index (κ3) is 4.22. The first-order chi connectivity index (χ1) is 13.6. The summed E-state index contributed by atoms with van der Waals surface area (Å²) in [7, 11) is 0. The standard InChI is InChI=1S/C22H16ClNO2S2/c23-17-8-4-7-16(13-17)19-10-9-18(26-19)14-20-21(25)24(22(27)28-20)12-11-15-5-2-1-3-6-15/h1-10,13-14H,11-12H2/b20-14+. The Kier molecular flexibility index (Phi) is 5.67. The minimum Gasteiger partial charge on any atom is -0.457 e. The molecule has 1 amide bonds. The molecule has 0 aliphatic carbocycles. The molecule has 2 aromatic carbocycles. The summed E-state index contributed by atoms with van der Waals surface area (Å²) in [6.07, 6.45) is 2.51. The first-order valence-electron chi connectivity index (χ1n) is 8.75. The number of carbonyl (C=O) groups excluding carboxylic acids is 1. The number of nitrogens with zero attached hydrogens (tertiary/aromatic N) is 1. The normalized spacial score (nSPS) is 15.6. The van der Waals surface area contributed by atoms with Crippen LogP contribution in [-0.4, -0.2) is 21.7 Å². The number of benzene rings is 2. The van der Waals surface area contributed by atoms with Crippen LogP contribution in [-0.2, 0) is 11.2 Å². The van der Waals surface area contributed by atoms with Crippen LogP contribution in [0.1, 0.15) is 11.3 Å². The molecule has 1 saturated heterocycles. The number of thiocarbonyl (C=S) groups is 1. The quantitative estimate of drug-likeness (QED) is 0.368. The van der Waals surface area contributed by atoms with E-state index in [0.717, 1.165) is 12.0 Å². The van der Waals surface area contributed by atoms with Crippen molar-refractivity contribution in [2.24, 2.45) is 0 Å². The minimum atomic E-state index is -0.0772. The van der Waals surface area contributed by atoms with Crippen LogP contribution in [0, 0.1) is 0 Å². The van der Waals surface area contributed by atoms with Crippen LogP contribution in [0.15, 0.2) is 76.1 Å². The third-order valence-corrected chi connectivity index (χ3v) is 5.96. The van der Waals surface area contributed by atoms with Crippen LogP contribution in [0.3, 0.4) is 0 Å². The number of rotatable bonds is 5. The average Bonchev–Trinajstić information content (AvgIpc) is 3.26. The molecular weight excluding hydrogens is 410 g/mol. The van der Waals surface area contributed by atoms with Crippen LogP contribution in [0.25, 0.3) is 17.4 Å². The maximum atomic E-state index is 12.8. The van der Waals surface area contributed by atoms with Crippen molar-refractivity contribution in [1.82, 2.24) is 4.90 Å². The Balaban J connectivity index is 1.48. The predicted octanol–water partition coefficient (Wildman–Crippen LogP) is 6.04. The van der Waals surface area contributed by atoms with Gasteiger partial charge in [0.25, 0.3) is 5.91 Å². The zero-order valence-corrected chi connectivity index (χ0v) is 17.2. The van der Waals surface area contributed by atoms with Crippen molar-refractivity contribution < 1.29 is 9.21 Å². The van der Waals surface area contributed by atoms with E-state index in [2.05, 4.69) is 0 Å². The van der Waals surface area contributed by atoms with E-state index in [1.165, 1.54) is 17.3 Å². The zero-order valence-electron chi connectivity index (χ0n) is 14.8. The fourth-order valence-electron chi connectivity index (χ4n) is 2.93. The van der Waals surface area contributed by atoms with Crippen LogP contribution < -0.4 is 0 Å². The topological polar surface area (TPSA) is 33.5 Å². The van der Waals surface area contributed by atoms with Gasteiger partial charge < -0.3 is 4.42 Å². The highest BCUT2D eigenvalue weighted by molar-refractivity contribution is 8.26. The molecular formula is C22H16ClNO2S2. The molecule has 1 aromatic heterocycles. The molecule has 0 unspecified atom stereocenters. The van der Waals surface area contributed by atoms with Gasteiger partial charge in [0.1, 0.15) is 15.8 Å². The Morgan fingerprint density at radius 3 is 2.68 bits per heavy atom. The van der Waals surface area contributed by atoms with E-state index in [1.807, 2.05) is 66.7 Å². The summed E-state index contributed by atoms with van der Waals surface area (Å²) in [6, 6.07) is 21.2. The van der Waals surface area contributed by atoms with Gasteiger partial charge in [0.15, 0.2) is 0 Å². The number of furan rings is 1. The van der Waals surface area contributed by atoms with Crippen LogP contribution in [0.5, 0.6) is 0 Å². The molecule has 0 atom stereocenters. The predicted molar refractivity (Wildman–Crippen MR) is 119 cm³/mol. The van der Waals surface area contributed by atoms with E-state index >= 15 is 0 Å². The molecule has 2 heterocycles. The van der Waals surface area contributed by atoms with Crippen molar-refractivity contribution >= 4 is 51.9 Å². The van der Waals surface area contributed by atoms with E-state index in [9.17, 15) is 4.79 Å². The Bertz CT molecular complexity index is 1060. The van der Waals surface area contributed by atoms with Crippen LogP contribution >= 0.6 is 35.6 Å². The van der Waals surface area contributed by atoms with Gasteiger partial charge in [-0.15, -0.1) is 0 Å². The number of amides is 1. The highest BCUT2D eigenvalue weighted by Gasteiger charge is 2.31. The monoisotopic (exact) mass is 425 g/mol. The molecule has 4 rings (SSSR count). The van der Waals surface area contributed by atoms with Gasteiger partial charge in [-0.2, -0.15) is 0 Å². The second-order valence-corrected chi connectivity index (χ2v) is 8.39. The highest BCUT2D eigenvalue weighted by Crippen LogP contribution is 2.34. The van der Waals surface area contributed by atoms with E-state index in [-0.39, 0.29) is 5.91 Å². The van der Waals surface area contributed by atoms with Gasteiger partial charge in [-0.3, -0.25) is 9.69 Å². The maximum Gasteiger partial charge on any atom is 0.266 e. The van der Waals surface area contributed by atoms with Crippen molar-refractivity contribution in [3.8, 4) is 11.3 Å². The summed E-state index contributed by atoms with van der Waals surface area (Å²) in [6.45, 7) is 0.567. The van der Waals surface area contributed by atoms with E-state index in [4.69, 9.17) is 28.2 Å². The molecule has 0 N–H and O–H groups in total. The summed E-state index contributed by atoms with van der Waals surface area (Å²) in [5.74, 6) is 1.23. The summed E-state index contributed by atoms with van der Waals surface area (Å²) in [4.78, 5) is 15.0. The minimum absolute atomic E-state index is 0.0772. The SMILES string of the molecule is O=C1/C(=C\c2ccc(-c3cccc(Cl)c3)o2)SC(=S)N1CCc1ccccc1. The van der Waals surface area contributed by atoms with Gasteiger partial charge in [-0.1, -0.05) is 78.0 Å². The van der Waals surface area contributed by atoms with Crippen LogP contribution in [0.4, 0.5) is 0 Å². The second-order valence-electron chi connectivity index (χ2n) is 6.28. The van der Waals surface area contributed by atoms with Gasteiger partial charge >= 0.3 is 0 Å². The van der Waals surface area contributed by atoms with Crippen molar-refractivity contribution in [1.29, 1.82) is 0 Å². The van der Waals surface area contributed by atoms with Gasteiger partial charge in [0.2, 0.25) is 0 Å². The molecule has 0 radical (unpaired) electrons. The lowest BCUT2D eigenvalue weighted by Crippen LogP contribution is -2.30. The smallest absolute Gasteiger partial charge is 0.266 e. The summed E-state index contributed by atoms with van der Waals surface area (Å²) in [5, 5.41) is 0.648. The van der Waals surface area contributed by atoms with Crippen molar-refractivity contribution in [2.75, 3.05) is 6.54 Å². The third-order valence-electron chi connectivity index (χ3n) is 4.35. The second kappa shape index (κ2) is 8.35. The molecule has 1 aliphatic rings. The summed E-state index contributed by atoms with van der Waals surface area (Å²) in [5.41, 5.74) is 2.07. The van der Waals surface area contributed by atoms with Gasteiger partial charge in [0, 0.05) is 23.2 Å². The lowest BCUT2D eigenvalue weighted by molar-refractivity contribution is -0.122. The molecule has 28 heavy (non-hydrogen) atoms. The Labute approximate surface area is 178 Å². The first-order valence-corrected chi connectivity index (χ1v) is 10.4. The number of carbonyl (C=O) groups is 1. The van der Waals surface area contributed by atoms with Gasteiger partial charge in [-0.25, -0.2) is 0 Å². The molecule has 0 bridgehead atoms. The molecule has 3 nitrogen and oxygen atoms in total. The molecule has 0 spiro atoms. The van der Waals surface area contributed by atoms with Crippen molar-refractivity contribution in [3.05, 3.63) is 88.0 Å². The van der Waals surface area contributed by atoms with Crippen molar-refractivity contribution in [2.45, 2.75) is 6.42 Å². The zero-order chi connectivity index (χ0) is 19.5. The molecule has 6 heteroatoms. The summed E-state index contributed by atoms with van der Waals surface area (Å²) >= 11 is 12.8. The number of halogens is 1. The molecule has 140 valence electrons. The molecule has 1 fully saturated rings. The Morgan fingerprint density at radius 1 is 1.07 bits per heavy atom. The van der Waals surface area contributed by atoms with Crippen molar-refractivity contribution in [3.63, 3.8) is 0 Å². The lowest BCUT2D eigenvalue weighted by atomic mass is 10.1. The Hall–Kier alpha value is -2.34. The Morgan fingerprint density at radius 2 is 1.89 bits per heavy atom. The fourth-order valence-corrected chi connectivity index (χ4v) is 4.41. The van der Waals surface area contributed by atoms with E-state index in [1.54, 1.807) is 11.0 Å². The summed E-state index contributed by atoms with van der Waals surface area (Å²) < 4.78 is 6.45.